The van der Waals surface area contributed by atoms with E-state index in [-0.39, 0.29) is 10.6 Å². The minimum Gasteiger partial charge on any atom is -0.298 e. The van der Waals surface area contributed by atoms with Gasteiger partial charge in [0, 0.05) is 9.79 Å². The van der Waals surface area contributed by atoms with E-state index in [1.54, 1.807) is 30.4 Å². The van der Waals surface area contributed by atoms with Crippen LogP contribution in [0.1, 0.15) is 17.3 Å². The molecule has 1 aromatic rings. The van der Waals surface area contributed by atoms with Gasteiger partial charge in [0.2, 0.25) is 0 Å². The number of hydrogen-bond donors (Lipinski definition) is 0. The summed E-state index contributed by atoms with van der Waals surface area (Å²) in [6, 6.07) is 6.09. The Balaban J connectivity index is 3.22. The molecule has 1 atom stereocenters. The van der Waals surface area contributed by atoms with Gasteiger partial charge in [-0.25, -0.2) is 0 Å². The highest BCUT2D eigenvalue weighted by Gasteiger charge is 2.17. The number of benzene rings is 1. The molecule has 1 aromatic carbocycles. The van der Waals surface area contributed by atoms with Crippen LogP contribution >= 0.6 is 39.5 Å². The van der Waals surface area contributed by atoms with Gasteiger partial charge in [-0.3, -0.25) is 4.79 Å². The van der Waals surface area contributed by atoms with E-state index < -0.39 is 0 Å². The predicted molar refractivity (Wildman–Crippen MR) is 72.4 cm³/mol. The highest BCUT2D eigenvalue weighted by molar-refractivity contribution is 9.09. The van der Waals surface area contributed by atoms with Crippen LogP contribution in [0.25, 0.3) is 0 Å². The molecule has 1 nitrogen and oxygen atoms in total. The second kappa shape index (κ2) is 5.97. The summed E-state index contributed by atoms with van der Waals surface area (Å²) in [7, 11) is 0. The minimum atomic E-state index is -0.188. The maximum Gasteiger partial charge on any atom is 0.147 e. The third kappa shape index (κ3) is 3.02. The summed E-state index contributed by atoms with van der Waals surface area (Å²) in [5.74, 6) is 0.142. The number of halogens is 1. The summed E-state index contributed by atoms with van der Waals surface area (Å²) in [4.78, 5) is 13.6. The van der Waals surface area contributed by atoms with Gasteiger partial charge in [0.15, 0.2) is 0 Å². The van der Waals surface area contributed by atoms with Crippen molar-refractivity contribution in [3.63, 3.8) is 0 Å². The average molecular weight is 305 g/mol. The summed E-state index contributed by atoms with van der Waals surface area (Å²) >= 11 is 6.83. The maximum atomic E-state index is 11.3. The number of thioether (sulfide) groups is 2. The number of carbonyl (C=O) groups is 1. The first-order valence-corrected chi connectivity index (χ1v) is 7.83. The van der Waals surface area contributed by atoms with Crippen LogP contribution < -0.4 is 0 Å². The standard InChI is InChI=1S/C11H13BrOS2/c1-7(13)10(12)8-5-4-6-9(14-2)11(8)15-3/h4-6,10H,1-3H3. The van der Waals surface area contributed by atoms with Crippen LogP contribution in [0.15, 0.2) is 28.0 Å². The van der Waals surface area contributed by atoms with Gasteiger partial charge < -0.3 is 0 Å². The molecule has 4 heteroatoms. The number of alkyl halides is 1. The van der Waals surface area contributed by atoms with Crippen LogP contribution in [0.5, 0.6) is 0 Å². The second-order valence-electron chi connectivity index (χ2n) is 3.06. The van der Waals surface area contributed by atoms with Crippen molar-refractivity contribution >= 4 is 45.2 Å². The van der Waals surface area contributed by atoms with Crippen molar-refractivity contribution in [1.29, 1.82) is 0 Å². The molecule has 0 aromatic heterocycles. The zero-order valence-corrected chi connectivity index (χ0v) is 12.1. The topological polar surface area (TPSA) is 17.1 Å². The Morgan fingerprint density at radius 1 is 1.33 bits per heavy atom. The first kappa shape index (κ1) is 13.1. The van der Waals surface area contributed by atoms with Gasteiger partial charge in [0.05, 0.1) is 4.83 Å². The molecular formula is C11H13BrOS2. The summed E-state index contributed by atoms with van der Waals surface area (Å²) in [6.07, 6.45) is 4.09. The molecule has 1 rings (SSSR count). The fourth-order valence-electron chi connectivity index (χ4n) is 1.33. The molecule has 0 spiro atoms. The number of Topliss-reactive ketones (excluding diaryl/α,β-unsaturated/α-hetero) is 1. The van der Waals surface area contributed by atoms with Crippen molar-refractivity contribution < 1.29 is 4.79 Å². The van der Waals surface area contributed by atoms with Gasteiger partial charge in [-0.15, -0.1) is 23.5 Å². The highest BCUT2D eigenvalue weighted by Crippen LogP contribution is 2.37. The first-order chi connectivity index (χ1) is 7.11. The minimum absolute atomic E-state index is 0.142. The lowest BCUT2D eigenvalue weighted by atomic mass is 10.1. The Hall–Kier alpha value is 0.0700. The number of ketones is 1. The molecule has 0 saturated heterocycles. The molecule has 0 N–H and O–H groups in total. The SMILES string of the molecule is CSc1cccc(C(Br)C(C)=O)c1SC. The van der Waals surface area contributed by atoms with Crippen molar-refractivity contribution in [3.8, 4) is 0 Å². The number of rotatable bonds is 4. The lowest BCUT2D eigenvalue weighted by molar-refractivity contribution is -0.116. The van der Waals surface area contributed by atoms with E-state index in [9.17, 15) is 4.79 Å². The summed E-state index contributed by atoms with van der Waals surface area (Å²) in [5.41, 5.74) is 1.07. The first-order valence-electron chi connectivity index (χ1n) is 4.47. The van der Waals surface area contributed by atoms with E-state index in [0.717, 1.165) is 5.56 Å². The van der Waals surface area contributed by atoms with E-state index in [2.05, 4.69) is 28.3 Å². The Morgan fingerprint density at radius 3 is 2.47 bits per heavy atom. The molecule has 82 valence electrons. The average Bonchev–Trinajstić information content (AvgIpc) is 2.26. The summed E-state index contributed by atoms with van der Waals surface area (Å²) < 4.78 is 0. The Morgan fingerprint density at radius 2 is 2.00 bits per heavy atom. The smallest absolute Gasteiger partial charge is 0.147 e. The van der Waals surface area contributed by atoms with Crippen LogP contribution in [0.3, 0.4) is 0 Å². The fraction of sp³-hybridized carbons (Fsp3) is 0.364. The van der Waals surface area contributed by atoms with Crippen molar-refractivity contribution in [1.82, 2.24) is 0 Å². The van der Waals surface area contributed by atoms with E-state index >= 15 is 0 Å². The molecule has 0 aliphatic heterocycles. The molecule has 15 heavy (non-hydrogen) atoms. The van der Waals surface area contributed by atoms with E-state index in [1.807, 2.05) is 18.4 Å². The molecule has 0 aliphatic rings. The molecular weight excluding hydrogens is 292 g/mol. The highest BCUT2D eigenvalue weighted by atomic mass is 79.9. The van der Waals surface area contributed by atoms with E-state index in [1.165, 1.54) is 9.79 Å². The molecule has 0 radical (unpaired) electrons. The molecule has 0 amide bonds. The van der Waals surface area contributed by atoms with Crippen LogP contribution in [0, 0.1) is 0 Å². The third-order valence-electron chi connectivity index (χ3n) is 2.06. The van der Waals surface area contributed by atoms with Gasteiger partial charge >= 0.3 is 0 Å². The van der Waals surface area contributed by atoms with Crippen LogP contribution in [-0.4, -0.2) is 18.3 Å². The quantitative estimate of drug-likeness (QED) is 0.614. The van der Waals surface area contributed by atoms with Gasteiger partial charge in [-0.2, -0.15) is 0 Å². The Labute approximate surface area is 108 Å². The van der Waals surface area contributed by atoms with Crippen molar-refractivity contribution in [3.05, 3.63) is 23.8 Å². The third-order valence-corrected chi connectivity index (χ3v) is 4.97. The predicted octanol–water partition coefficient (Wildman–Crippen LogP) is 4.16. The van der Waals surface area contributed by atoms with E-state index in [4.69, 9.17) is 0 Å². The largest absolute Gasteiger partial charge is 0.298 e. The zero-order valence-electron chi connectivity index (χ0n) is 8.91. The second-order valence-corrected chi connectivity index (χ2v) is 5.64. The molecule has 0 bridgehead atoms. The molecule has 1 unspecified atom stereocenters. The molecule has 0 aliphatic carbocycles. The van der Waals surface area contributed by atoms with Crippen LogP contribution in [-0.2, 0) is 4.79 Å². The number of carbonyl (C=O) groups excluding carboxylic acids is 1. The lowest BCUT2D eigenvalue weighted by Gasteiger charge is -2.14. The Bertz CT molecular complexity index is 366. The van der Waals surface area contributed by atoms with Gasteiger partial charge in [-0.1, -0.05) is 28.1 Å². The summed E-state index contributed by atoms with van der Waals surface area (Å²) in [6.45, 7) is 1.61. The fourth-order valence-corrected chi connectivity index (χ4v) is 3.57. The lowest BCUT2D eigenvalue weighted by Crippen LogP contribution is -2.03. The molecule has 0 heterocycles. The van der Waals surface area contributed by atoms with Gasteiger partial charge in [0.1, 0.15) is 5.78 Å². The van der Waals surface area contributed by atoms with Crippen molar-refractivity contribution in [2.75, 3.05) is 12.5 Å². The van der Waals surface area contributed by atoms with Gasteiger partial charge in [-0.05, 0) is 31.1 Å². The van der Waals surface area contributed by atoms with Crippen LogP contribution in [0.4, 0.5) is 0 Å². The van der Waals surface area contributed by atoms with Crippen LogP contribution in [0.2, 0.25) is 0 Å². The zero-order chi connectivity index (χ0) is 11.4. The maximum absolute atomic E-state index is 11.3. The Kier molecular flexibility index (Phi) is 5.23. The number of hydrogen-bond acceptors (Lipinski definition) is 3. The van der Waals surface area contributed by atoms with Crippen molar-refractivity contribution in [2.24, 2.45) is 0 Å². The molecule has 0 fully saturated rings. The van der Waals surface area contributed by atoms with Gasteiger partial charge in [0.25, 0.3) is 0 Å². The normalized spacial score (nSPS) is 12.5. The molecule has 0 saturated carbocycles. The van der Waals surface area contributed by atoms with Crippen molar-refractivity contribution in [2.45, 2.75) is 21.5 Å². The summed E-state index contributed by atoms with van der Waals surface area (Å²) in [5, 5.41) is 0. The monoisotopic (exact) mass is 304 g/mol. The van der Waals surface area contributed by atoms with E-state index in [0.29, 0.717) is 0 Å².